The van der Waals surface area contributed by atoms with Crippen LogP contribution in [0.2, 0.25) is 5.02 Å². The summed E-state index contributed by atoms with van der Waals surface area (Å²) < 4.78 is 54.2. The Labute approximate surface area is 182 Å². The first-order valence-corrected chi connectivity index (χ1v) is 10.0. The number of amides is 1. The molecule has 164 valence electrons. The lowest BCUT2D eigenvalue weighted by Gasteiger charge is -2.32. The van der Waals surface area contributed by atoms with E-state index in [1.165, 1.54) is 12.1 Å². The van der Waals surface area contributed by atoms with Gasteiger partial charge in [0.25, 0.3) is 0 Å². The second-order valence-corrected chi connectivity index (χ2v) is 8.11. The van der Waals surface area contributed by atoms with Gasteiger partial charge in [0.05, 0.1) is 22.2 Å². The molecule has 2 aromatic rings. The van der Waals surface area contributed by atoms with Crippen LogP contribution in [0.1, 0.15) is 37.0 Å². The Kier molecular flexibility index (Phi) is 6.46. The average molecular weight is 454 g/mol. The SMILES string of the molecule is CC(C)N1C[C@@H](N(Cc2ccc(F)cc2C(F)(F)F)c2ccc(C#N)c(Cl)c2)CC1=O. The summed E-state index contributed by atoms with van der Waals surface area (Å²) in [5.74, 6) is -1.08. The predicted molar refractivity (Wildman–Crippen MR) is 109 cm³/mol. The first kappa shape index (κ1) is 22.9. The van der Waals surface area contributed by atoms with Crippen molar-refractivity contribution in [3.05, 3.63) is 63.9 Å². The van der Waals surface area contributed by atoms with Crippen molar-refractivity contribution in [1.82, 2.24) is 4.90 Å². The largest absolute Gasteiger partial charge is 0.416 e. The lowest BCUT2D eigenvalue weighted by atomic mass is 10.0. The van der Waals surface area contributed by atoms with Crippen molar-refractivity contribution in [2.75, 3.05) is 11.4 Å². The summed E-state index contributed by atoms with van der Waals surface area (Å²) in [5.41, 5.74) is -0.480. The van der Waals surface area contributed by atoms with Gasteiger partial charge in [-0.25, -0.2) is 4.39 Å². The van der Waals surface area contributed by atoms with Crippen molar-refractivity contribution >= 4 is 23.2 Å². The minimum Gasteiger partial charge on any atom is -0.362 e. The summed E-state index contributed by atoms with van der Waals surface area (Å²) in [7, 11) is 0. The number of rotatable bonds is 5. The van der Waals surface area contributed by atoms with E-state index in [4.69, 9.17) is 16.9 Å². The first-order chi connectivity index (χ1) is 14.5. The van der Waals surface area contributed by atoms with Crippen LogP contribution in [0.5, 0.6) is 0 Å². The van der Waals surface area contributed by atoms with Gasteiger partial charge >= 0.3 is 6.18 Å². The van der Waals surface area contributed by atoms with Crippen LogP contribution in [0.3, 0.4) is 0 Å². The number of nitrogens with zero attached hydrogens (tertiary/aromatic N) is 3. The highest BCUT2D eigenvalue weighted by Gasteiger charge is 2.38. The molecule has 9 heteroatoms. The van der Waals surface area contributed by atoms with Crippen molar-refractivity contribution in [2.45, 2.75) is 45.1 Å². The Hall–Kier alpha value is -2.79. The van der Waals surface area contributed by atoms with Crippen molar-refractivity contribution < 1.29 is 22.4 Å². The number of carbonyl (C=O) groups is 1. The molecule has 1 saturated heterocycles. The van der Waals surface area contributed by atoms with Crippen molar-refractivity contribution in [3.63, 3.8) is 0 Å². The number of carbonyl (C=O) groups excluding carboxylic acids is 1. The third kappa shape index (κ3) is 4.93. The molecule has 4 nitrogen and oxygen atoms in total. The minimum atomic E-state index is -4.74. The van der Waals surface area contributed by atoms with Gasteiger partial charge in [0, 0.05) is 31.2 Å². The standard InChI is InChI=1S/C22H20ClF4N3O/c1-13(2)29-12-18(9-21(29)31)30(17-6-4-14(10-28)20(23)8-17)11-15-3-5-16(24)7-19(15)22(25,26)27/h3-8,13,18H,9,11-12H2,1-2H3/t18-/m0/s1. The molecule has 0 saturated carbocycles. The number of halogens is 5. The molecule has 1 atom stereocenters. The van der Waals surface area contributed by atoms with E-state index in [9.17, 15) is 22.4 Å². The van der Waals surface area contributed by atoms with Crippen LogP contribution in [0, 0.1) is 17.1 Å². The van der Waals surface area contributed by atoms with Gasteiger partial charge in [0.1, 0.15) is 11.9 Å². The molecule has 0 spiro atoms. The topological polar surface area (TPSA) is 47.3 Å². The van der Waals surface area contributed by atoms with Gasteiger partial charge in [0.2, 0.25) is 5.91 Å². The molecule has 0 aromatic heterocycles. The number of hydrogen-bond donors (Lipinski definition) is 0. The van der Waals surface area contributed by atoms with E-state index in [-0.39, 0.29) is 41.1 Å². The van der Waals surface area contributed by atoms with E-state index >= 15 is 0 Å². The van der Waals surface area contributed by atoms with E-state index < -0.39 is 23.6 Å². The Morgan fingerprint density at radius 2 is 1.97 bits per heavy atom. The molecule has 0 N–H and O–H groups in total. The Bertz CT molecular complexity index is 1030. The summed E-state index contributed by atoms with van der Waals surface area (Å²) in [5, 5.41) is 9.27. The summed E-state index contributed by atoms with van der Waals surface area (Å²) in [6.07, 6.45) is -4.61. The van der Waals surface area contributed by atoms with Crippen LogP contribution in [0.25, 0.3) is 0 Å². The monoisotopic (exact) mass is 453 g/mol. The van der Waals surface area contributed by atoms with Crippen molar-refractivity contribution in [3.8, 4) is 6.07 Å². The zero-order valence-electron chi connectivity index (χ0n) is 16.9. The summed E-state index contributed by atoms with van der Waals surface area (Å²) in [6.45, 7) is 3.85. The third-order valence-electron chi connectivity index (χ3n) is 5.32. The first-order valence-electron chi connectivity index (χ1n) is 9.62. The maximum Gasteiger partial charge on any atom is 0.416 e. The Balaban J connectivity index is 2.05. The molecule has 1 heterocycles. The molecule has 2 aromatic carbocycles. The number of hydrogen-bond acceptors (Lipinski definition) is 3. The Morgan fingerprint density at radius 3 is 2.52 bits per heavy atom. The second kappa shape index (κ2) is 8.75. The molecule has 0 aliphatic carbocycles. The molecular formula is C22H20ClF4N3O. The molecule has 3 rings (SSSR count). The van der Waals surface area contributed by atoms with Crippen LogP contribution >= 0.6 is 11.6 Å². The van der Waals surface area contributed by atoms with E-state index in [1.807, 2.05) is 19.9 Å². The fourth-order valence-electron chi connectivity index (χ4n) is 3.76. The highest BCUT2D eigenvalue weighted by Crippen LogP contribution is 2.36. The van der Waals surface area contributed by atoms with Crippen molar-refractivity contribution in [1.29, 1.82) is 5.26 Å². The molecule has 1 fully saturated rings. The molecule has 0 radical (unpaired) electrons. The highest BCUT2D eigenvalue weighted by molar-refractivity contribution is 6.32. The molecular weight excluding hydrogens is 434 g/mol. The van der Waals surface area contributed by atoms with Gasteiger partial charge < -0.3 is 9.80 Å². The van der Waals surface area contributed by atoms with Gasteiger partial charge in [-0.3, -0.25) is 4.79 Å². The maximum absolute atomic E-state index is 13.6. The van der Waals surface area contributed by atoms with Gasteiger partial charge in [-0.1, -0.05) is 17.7 Å². The van der Waals surface area contributed by atoms with E-state index in [1.54, 1.807) is 15.9 Å². The van der Waals surface area contributed by atoms with Crippen LogP contribution in [0.15, 0.2) is 36.4 Å². The van der Waals surface area contributed by atoms with Gasteiger partial charge in [0.15, 0.2) is 0 Å². The normalized spacial score (nSPS) is 16.7. The number of likely N-dealkylation sites (tertiary alicyclic amines) is 1. The molecule has 31 heavy (non-hydrogen) atoms. The summed E-state index contributed by atoms with van der Waals surface area (Å²) >= 11 is 6.16. The highest BCUT2D eigenvalue weighted by atomic mass is 35.5. The predicted octanol–water partition coefficient (Wildman–Crippen LogP) is 5.39. The Morgan fingerprint density at radius 1 is 1.26 bits per heavy atom. The minimum absolute atomic E-state index is 0.0551. The third-order valence-corrected chi connectivity index (χ3v) is 5.64. The molecule has 1 amide bonds. The summed E-state index contributed by atoms with van der Waals surface area (Å²) in [4.78, 5) is 15.8. The van der Waals surface area contributed by atoms with Gasteiger partial charge in [-0.2, -0.15) is 18.4 Å². The smallest absolute Gasteiger partial charge is 0.362 e. The van der Waals surface area contributed by atoms with Crippen LogP contribution in [-0.4, -0.2) is 29.4 Å². The maximum atomic E-state index is 13.6. The number of anilines is 1. The molecule has 0 unspecified atom stereocenters. The van der Waals surface area contributed by atoms with Crippen LogP contribution in [0.4, 0.5) is 23.2 Å². The van der Waals surface area contributed by atoms with E-state index in [2.05, 4.69) is 0 Å². The fraction of sp³-hybridized carbons (Fsp3) is 0.364. The second-order valence-electron chi connectivity index (χ2n) is 7.70. The van der Waals surface area contributed by atoms with Gasteiger partial charge in [-0.05, 0) is 49.7 Å². The fourth-order valence-corrected chi connectivity index (χ4v) is 3.98. The number of alkyl halides is 3. The summed E-state index contributed by atoms with van der Waals surface area (Å²) in [6, 6.07) is 8.60. The van der Waals surface area contributed by atoms with Crippen LogP contribution < -0.4 is 4.90 Å². The lowest BCUT2D eigenvalue weighted by Crippen LogP contribution is -2.39. The average Bonchev–Trinajstić information content (AvgIpc) is 3.07. The molecule has 1 aliphatic heterocycles. The number of benzene rings is 2. The quantitative estimate of drug-likeness (QED) is 0.571. The van der Waals surface area contributed by atoms with E-state index in [0.29, 0.717) is 18.3 Å². The van der Waals surface area contributed by atoms with E-state index in [0.717, 1.165) is 12.1 Å². The van der Waals surface area contributed by atoms with Gasteiger partial charge in [-0.15, -0.1) is 0 Å². The van der Waals surface area contributed by atoms with Crippen LogP contribution in [-0.2, 0) is 17.5 Å². The molecule has 1 aliphatic rings. The van der Waals surface area contributed by atoms with Crippen molar-refractivity contribution in [2.24, 2.45) is 0 Å². The molecule has 0 bridgehead atoms. The lowest BCUT2D eigenvalue weighted by molar-refractivity contribution is -0.138. The number of nitriles is 1. The zero-order chi connectivity index (χ0) is 22.9. The zero-order valence-corrected chi connectivity index (χ0v) is 17.6.